The number of thioether (sulfide) groups is 1. The molecule has 7 heteroatoms. The van der Waals surface area contributed by atoms with Crippen molar-refractivity contribution in [1.29, 1.82) is 0 Å². The van der Waals surface area contributed by atoms with Gasteiger partial charge in [-0.1, -0.05) is 29.8 Å². The average molecular weight is 361 g/mol. The first-order valence-electron chi connectivity index (χ1n) is 7.67. The van der Waals surface area contributed by atoms with E-state index in [2.05, 4.69) is 15.5 Å². The minimum Gasteiger partial charge on any atom is -0.356 e. The van der Waals surface area contributed by atoms with Crippen molar-refractivity contribution in [2.75, 3.05) is 12.3 Å². The van der Waals surface area contributed by atoms with Crippen LogP contribution in [0.5, 0.6) is 0 Å². The van der Waals surface area contributed by atoms with E-state index in [4.69, 9.17) is 11.6 Å². The predicted molar refractivity (Wildman–Crippen MR) is 96.5 cm³/mol. The number of carbonyl (C=O) groups excluding carboxylic acids is 1. The minimum atomic E-state index is 0.0309. The number of rotatable bonds is 7. The molecule has 0 bridgehead atoms. The van der Waals surface area contributed by atoms with Crippen molar-refractivity contribution in [2.24, 2.45) is 0 Å². The number of nitrogens with one attached hydrogen (secondary N) is 1. The third kappa shape index (κ3) is 4.27. The lowest BCUT2D eigenvalue weighted by molar-refractivity contribution is -0.120. The van der Waals surface area contributed by atoms with Crippen LogP contribution in [0.2, 0.25) is 5.02 Å². The zero-order valence-electron chi connectivity index (χ0n) is 13.0. The van der Waals surface area contributed by atoms with Gasteiger partial charge in [-0.05, 0) is 24.3 Å². The van der Waals surface area contributed by atoms with Crippen molar-refractivity contribution in [3.05, 3.63) is 59.5 Å². The highest BCUT2D eigenvalue weighted by Gasteiger charge is 2.07. The quantitative estimate of drug-likeness (QED) is 0.657. The second-order valence-corrected chi connectivity index (χ2v) is 6.72. The monoisotopic (exact) mass is 360 g/mol. The SMILES string of the molecule is O=C(CCSc1ccccc1Cl)NCCc1nnc2ccccn12. The van der Waals surface area contributed by atoms with Crippen LogP contribution in [0.3, 0.4) is 0 Å². The fraction of sp³-hybridized carbons (Fsp3) is 0.235. The van der Waals surface area contributed by atoms with Gasteiger partial charge in [-0.3, -0.25) is 9.20 Å². The summed E-state index contributed by atoms with van der Waals surface area (Å²) in [6, 6.07) is 13.4. The highest BCUT2D eigenvalue weighted by Crippen LogP contribution is 2.26. The van der Waals surface area contributed by atoms with Gasteiger partial charge in [0.2, 0.25) is 5.91 Å². The van der Waals surface area contributed by atoms with E-state index in [1.54, 1.807) is 11.8 Å². The number of carbonyl (C=O) groups is 1. The number of amides is 1. The summed E-state index contributed by atoms with van der Waals surface area (Å²) in [7, 11) is 0. The first-order chi connectivity index (χ1) is 11.7. The largest absolute Gasteiger partial charge is 0.356 e. The number of aromatic nitrogens is 3. The van der Waals surface area contributed by atoms with E-state index in [0.29, 0.717) is 25.1 Å². The maximum absolute atomic E-state index is 11.9. The molecule has 5 nitrogen and oxygen atoms in total. The molecule has 0 unspecified atom stereocenters. The summed E-state index contributed by atoms with van der Waals surface area (Å²) in [4.78, 5) is 12.9. The van der Waals surface area contributed by atoms with Crippen LogP contribution in [-0.2, 0) is 11.2 Å². The van der Waals surface area contributed by atoms with Gasteiger partial charge < -0.3 is 5.32 Å². The van der Waals surface area contributed by atoms with E-state index in [9.17, 15) is 4.79 Å². The standard InChI is InChI=1S/C17H17ClN4OS/c18-13-5-1-2-6-14(13)24-12-9-17(23)19-10-8-16-21-20-15-7-3-4-11-22(15)16/h1-7,11H,8-10,12H2,(H,19,23). The Kier molecular flexibility index (Phi) is 5.72. The Morgan fingerprint density at radius 1 is 1.17 bits per heavy atom. The lowest BCUT2D eigenvalue weighted by Gasteiger charge is -2.05. The first-order valence-corrected chi connectivity index (χ1v) is 9.03. The number of fused-ring (bicyclic) bond motifs is 1. The van der Waals surface area contributed by atoms with Gasteiger partial charge in [0.25, 0.3) is 0 Å². The Balaban J connectivity index is 1.41. The molecule has 1 N–H and O–H groups in total. The Hall–Kier alpha value is -2.05. The van der Waals surface area contributed by atoms with E-state index >= 15 is 0 Å². The molecule has 3 aromatic rings. The van der Waals surface area contributed by atoms with Crippen LogP contribution in [0.4, 0.5) is 0 Å². The number of hydrogen-bond acceptors (Lipinski definition) is 4. The molecule has 124 valence electrons. The van der Waals surface area contributed by atoms with Crippen molar-refractivity contribution in [2.45, 2.75) is 17.7 Å². The smallest absolute Gasteiger partial charge is 0.220 e. The maximum Gasteiger partial charge on any atom is 0.220 e. The van der Waals surface area contributed by atoms with Crippen LogP contribution >= 0.6 is 23.4 Å². The van der Waals surface area contributed by atoms with Gasteiger partial charge in [0, 0.05) is 36.2 Å². The van der Waals surface area contributed by atoms with Crippen LogP contribution in [0.15, 0.2) is 53.6 Å². The summed E-state index contributed by atoms with van der Waals surface area (Å²) in [5, 5.41) is 11.9. The minimum absolute atomic E-state index is 0.0309. The third-order valence-electron chi connectivity index (χ3n) is 3.48. The molecule has 0 fully saturated rings. The Bertz CT molecular complexity index is 836. The zero-order chi connectivity index (χ0) is 16.8. The molecule has 2 aromatic heterocycles. The van der Waals surface area contributed by atoms with Gasteiger partial charge in [-0.2, -0.15) is 0 Å². The third-order valence-corrected chi connectivity index (χ3v) is 5.00. The number of nitrogens with zero attached hydrogens (tertiary/aromatic N) is 3. The molecule has 0 spiro atoms. The van der Waals surface area contributed by atoms with Gasteiger partial charge >= 0.3 is 0 Å². The topological polar surface area (TPSA) is 59.3 Å². The van der Waals surface area contributed by atoms with E-state index in [-0.39, 0.29) is 5.91 Å². The molecule has 0 aliphatic rings. The molecule has 0 aliphatic heterocycles. The molecule has 0 saturated carbocycles. The second kappa shape index (κ2) is 8.17. The predicted octanol–water partition coefficient (Wildman–Crippen LogP) is 3.22. The fourth-order valence-corrected chi connectivity index (χ4v) is 3.47. The maximum atomic E-state index is 11.9. The van der Waals surface area contributed by atoms with Crippen LogP contribution in [-0.4, -0.2) is 32.8 Å². The lowest BCUT2D eigenvalue weighted by Crippen LogP contribution is -2.26. The van der Waals surface area contributed by atoms with E-state index in [1.165, 1.54) is 0 Å². The van der Waals surface area contributed by atoms with E-state index in [1.807, 2.05) is 53.1 Å². The van der Waals surface area contributed by atoms with Crippen molar-refractivity contribution in [1.82, 2.24) is 19.9 Å². The Morgan fingerprint density at radius 2 is 2.00 bits per heavy atom. The van der Waals surface area contributed by atoms with Crippen LogP contribution in [0.1, 0.15) is 12.2 Å². The summed E-state index contributed by atoms with van der Waals surface area (Å²) < 4.78 is 1.93. The molecule has 1 amide bonds. The van der Waals surface area contributed by atoms with Gasteiger partial charge in [0.15, 0.2) is 5.65 Å². The molecular formula is C17H17ClN4OS. The number of halogens is 1. The molecule has 0 radical (unpaired) electrons. The molecule has 2 heterocycles. The highest BCUT2D eigenvalue weighted by atomic mass is 35.5. The highest BCUT2D eigenvalue weighted by molar-refractivity contribution is 7.99. The van der Waals surface area contributed by atoms with Gasteiger partial charge in [-0.25, -0.2) is 0 Å². The van der Waals surface area contributed by atoms with Crippen molar-refractivity contribution >= 4 is 34.9 Å². The number of pyridine rings is 1. The van der Waals surface area contributed by atoms with Gasteiger partial charge in [0.05, 0.1) is 5.02 Å². The van der Waals surface area contributed by atoms with Gasteiger partial charge in [0.1, 0.15) is 5.82 Å². The molecule has 24 heavy (non-hydrogen) atoms. The van der Waals surface area contributed by atoms with Crippen LogP contribution in [0, 0.1) is 0 Å². The van der Waals surface area contributed by atoms with Gasteiger partial charge in [-0.15, -0.1) is 22.0 Å². The van der Waals surface area contributed by atoms with Crippen LogP contribution < -0.4 is 5.32 Å². The average Bonchev–Trinajstić information content (AvgIpc) is 3.00. The molecule has 0 atom stereocenters. The summed E-state index contributed by atoms with van der Waals surface area (Å²) in [5.74, 6) is 1.57. The molecule has 3 rings (SSSR count). The summed E-state index contributed by atoms with van der Waals surface area (Å²) in [6.07, 6.45) is 3.03. The molecule has 0 saturated heterocycles. The fourth-order valence-electron chi connectivity index (χ4n) is 2.28. The number of benzene rings is 1. The lowest BCUT2D eigenvalue weighted by atomic mass is 10.3. The van der Waals surface area contributed by atoms with E-state index in [0.717, 1.165) is 21.4 Å². The molecule has 1 aromatic carbocycles. The van der Waals surface area contributed by atoms with E-state index < -0.39 is 0 Å². The molecular weight excluding hydrogens is 344 g/mol. The van der Waals surface area contributed by atoms with Crippen LogP contribution in [0.25, 0.3) is 5.65 Å². The summed E-state index contributed by atoms with van der Waals surface area (Å²) in [6.45, 7) is 0.547. The van der Waals surface area contributed by atoms with Crippen molar-refractivity contribution in [3.63, 3.8) is 0 Å². The second-order valence-electron chi connectivity index (χ2n) is 5.17. The Morgan fingerprint density at radius 3 is 2.88 bits per heavy atom. The summed E-state index contributed by atoms with van der Waals surface area (Å²) >= 11 is 7.68. The zero-order valence-corrected chi connectivity index (χ0v) is 14.6. The Labute approximate surface area is 149 Å². The number of hydrogen-bond donors (Lipinski definition) is 1. The summed E-state index contributed by atoms with van der Waals surface area (Å²) in [5.41, 5.74) is 0.815. The van der Waals surface area contributed by atoms with Crippen molar-refractivity contribution < 1.29 is 4.79 Å². The first kappa shape index (κ1) is 16.8. The molecule has 0 aliphatic carbocycles. The van der Waals surface area contributed by atoms with Crippen molar-refractivity contribution in [3.8, 4) is 0 Å². The normalized spacial score (nSPS) is 10.9.